The number of fused-ring (bicyclic) bond motifs is 1. The number of H-pyrrole nitrogens is 1. The Labute approximate surface area is 151 Å². The van der Waals surface area contributed by atoms with Gasteiger partial charge in [-0.1, -0.05) is 36.4 Å². The van der Waals surface area contributed by atoms with Crippen LogP contribution in [0, 0.1) is 0 Å². The summed E-state index contributed by atoms with van der Waals surface area (Å²) in [6, 6.07) is 14.7. The standard InChI is InChI=1S/C20H20N4O2/c25-19(15-7-4-8-17-16(15)12-21-24-17)23-18(20(26)22-14-9-10-14)11-13-5-2-1-3-6-13/h1-8,12,14,18H,9-11H2,(H,21,24)(H,22,26)(H,23,25)/t18-/m1/s1. The Hall–Kier alpha value is -3.15. The largest absolute Gasteiger partial charge is 0.352 e. The second-order valence-electron chi connectivity index (χ2n) is 6.64. The minimum absolute atomic E-state index is 0.135. The van der Waals surface area contributed by atoms with Gasteiger partial charge in [0.2, 0.25) is 5.91 Å². The van der Waals surface area contributed by atoms with Gasteiger partial charge >= 0.3 is 0 Å². The second-order valence-corrected chi connectivity index (χ2v) is 6.64. The number of nitrogens with one attached hydrogen (secondary N) is 3. The van der Waals surface area contributed by atoms with Gasteiger partial charge in [-0.2, -0.15) is 5.10 Å². The monoisotopic (exact) mass is 348 g/mol. The maximum atomic E-state index is 12.8. The molecule has 3 N–H and O–H groups in total. The zero-order valence-corrected chi connectivity index (χ0v) is 14.2. The maximum Gasteiger partial charge on any atom is 0.252 e. The molecule has 0 unspecified atom stereocenters. The Bertz CT molecular complexity index is 931. The van der Waals surface area contributed by atoms with E-state index in [9.17, 15) is 9.59 Å². The minimum atomic E-state index is -0.618. The zero-order chi connectivity index (χ0) is 17.9. The third-order valence-corrected chi connectivity index (χ3v) is 4.56. The molecule has 132 valence electrons. The summed E-state index contributed by atoms with van der Waals surface area (Å²) in [5, 5.41) is 13.5. The van der Waals surface area contributed by atoms with E-state index in [0.29, 0.717) is 12.0 Å². The number of aromatic amines is 1. The molecule has 6 nitrogen and oxygen atoms in total. The lowest BCUT2D eigenvalue weighted by Crippen LogP contribution is -2.48. The van der Waals surface area contributed by atoms with Crippen molar-refractivity contribution in [2.45, 2.75) is 31.3 Å². The molecule has 0 radical (unpaired) electrons. The molecule has 2 aromatic carbocycles. The Morgan fingerprint density at radius 3 is 2.69 bits per heavy atom. The molecule has 1 fully saturated rings. The first kappa shape index (κ1) is 16.3. The molecule has 0 aliphatic heterocycles. The Morgan fingerprint density at radius 2 is 1.92 bits per heavy atom. The molecule has 1 aromatic heterocycles. The lowest BCUT2D eigenvalue weighted by atomic mass is 10.0. The summed E-state index contributed by atoms with van der Waals surface area (Å²) < 4.78 is 0. The van der Waals surface area contributed by atoms with E-state index < -0.39 is 6.04 Å². The van der Waals surface area contributed by atoms with Gasteiger partial charge in [0, 0.05) is 17.8 Å². The smallest absolute Gasteiger partial charge is 0.252 e. The average Bonchev–Trinajstić information content (AvgIpc) is 3.33. The lowest BCUT2D eigenvalue weighted by Gasteiger charge is -2.19. The van der Waals surface area contributed by atoms with E-state index >= 15 is 0 Å². The summed E-state index contributed by atoms with van der Waals surface area (Å²) in [5.41, 5.74) is 2.30. The van der Waals surface area contributed by atoms with Crippen molar-refractivity contribution < 1.29 is 9.59 Å². The molecule has 26 heavy (non-hydrogen) atoms. The summed E-state index contributed by atoms with van der Waals surface area (Å²) in [4.78, 5) is 25.5. The molecule has 3 aromatic rings. The molecule has 1 aliphatic rings. The van der Waals surface area contributed by atoms with E-state index in [1.165, 1.54) is 0 Å². The highest BCUT2D eigenvalue weighted by molar-refractivity contribution is 6.07. The molecule has 1 saturated carbocycles. The fraction of sp³-hybridized carbons (Fsp3) is 0.250. The molecule has 1 aliphatic carbocycles. The molecular weight excluding hydrogens is 328 g/mol. The quantitative estimate of drug-likeness (QED) is 0.638. The first-order valence-electron chi connectivity index (χ1n) is 8.78. The van der Waals surface area contributed by atoms with Crippen LogP contribution in [0.2, 0.25) is 0 Å². The molecule has 1 atom stereocenters. The molecule has 0 bridgehead atoms. The Balaban J connectivity index is 1.55. The van der Waals surface area contributed by atoms with Gasteiger partial charge in [0.1, 0.15) is 6.04 Å². The van der Waals surface area contributed by atoms with Gasteiger partial charge in [0.05, 0.1) is 17.3 Å². The van der Waals surface area contributed by atoms with Crippen molar-refractivity contribution >= 4 is 22.7 Å². The highest BCUT2D eigenvalue weighted by atomic mass is 16.2. The normalized spacial score (nSPS) is 14.8. The topological polar surface area (TPSA) is 86.9 Å². The molecular formula is C20H20N4O2. The van der Waals surface area contributed by atoms with Crippen LogP contribution in [0.15, 0.2) is 54.7 Å². The van der Waals surface area contributed by atoms with E-state index in [4.69, 9.17) is 0 Å². The molecule has 0 saturated heterocycles. The summed E-state index contributed by atoms with van der Waals surface area (Å²) >= 11 is 0. The number of amides is 2. The first-order valence-corrected chi connectivity index (χ1v) is 8.78. The van der Waals surface area contributed by atoms with Gasteiger partial charge in [-0.05, 0) is 30.5 Å². The third kappa shape index (κ3) is 3.59. The van der Waals surface area contributed by atoms with Crippen LogP contribution < -0.4 is 10.6 Å². The van der Waals surface area contributed by atoms with E-state index in [2.05, 4.69) is 20.8 Å². The van der Waals surface area contributed by atoms with Gasteiger partial charge in [-0.25, -0.2) is 0 Å². The fourth-order valence-electron chi connectivity index (χ4n) is 2.99. The highest BCUT2D eigenvalue weighted by Crippen LogP contribution is 2.19. The lowest BCUT2D eigenvalue weighted by molar-refractivity contribution is -0.123. The first-order chi connectivity index (χ1) is 12.7. The number of rotatable bonds is 6. The Kier molecular flexibility index (Phi) is 4.39. The fourth-order valence-corrected chi connectivity index (χ4v) is 2.99. The highest BCUT2D eigenvalue weighted by Gasteiger charge is 2.29. The minimum Gasteiger partial charge on any atom is -0.352 e. The predicted molar refractivity (Wildman–Crippen MR) is 98.7 cm³/mol. The molecule has 0 spiro atoms. The van der Waals surface area contributed by atoms with Gasteiger partial charge in [-0.3, -0.25) is 14.7 Å². The summed E-state index contributed by atoms with van der Waals surface area (Å²) in [5.74, 6) is -0.409. The van der Waals surface area contributed by atoms with Crippen LogP contribution in [0.3, 0.4) is 0 Å². The number of carbonyl (C=O) groups is 2. The van der Waals surface area contributed by atoms with Crippen molar-refractivity contribution in [3.05, 3.63) is 65.9 Å². The van der Waals surface area contributed by atoms with Crippen molar-refractivity contribution in [3.8, 4) is 0 Å². The van der Waals surface area contributed by atoms with Crippen LogP contribution in [0.1, 0.15) is 28.8 Å². The van der Waals surface area contributed by atoms with E-state index in [1.807, 2.05) is 36.4 Å². The van der Waals surface area contributed by atoms with Crippen LogP contribution in [0.4, 0.5) is 0 Å². The zero-order valence-electron chi connectivity index (χ0n) is 14.2. The number of carbonyl (C=O) groups excluding carboxylic acids is 2. The van der Waals surface area contributed by atoms with E-state index in [1.54, 1.807) is 18.3 Å². The summed E-state index contributed by atoms with van der Waals surface area (Å²) in [6.45, 7) is 0. The van der Waals surface area contributed by atoms with Crippen molar-refractivity contribution in [3.63, 3.8) is 0 Å². The van der Waals surface area contributed by atoms with Gasteiger partial charge in [0.25, 0.3) is 5.91 Å². The third-order valence-electron chi connectivity index (χ3n) is 4.56. The second kappa shape index (κ2) is 7.00. The van der Waals surface area contributed by atoms with E-state index in [0.717, 1.165) is 29.3 Å². The predicted octanol–water partition coefficient (Wildman–Crippen LogP) is 2.18. The maximum absolute atomic E-state index is 12.8. The number of benzene rings is 2. The van der Waals surface area contributed by atoms with Crippen molar-refractivity contribution in [2.24, 2.45) is 0 Å². The van der Waals surface area contributed by atoms with Crippen LogP contribution in [0.5, 0.6) is 0 Å². The van der Waals surface area contributed by atoms with Crippen LogP contribution in [-0.2, 0) is 11.2 Å². The van der Waals surface area contributed by atoms with Crippen molar-refractivity contribution in [1.29, 1.82) is 0 Å². The van der Waals surface area contributed by atoms with Gasteiger partial charge in [0.15, 0.2) is 0 Å². The molecule has 2 amide bonds. The number of aromatic nitrogens is 2. The van der Waals surface area contributed by atoms with Crippen LogP contribution >= 0.6 is 0 Å². The summed E-state index contributed by atoms with van der Waals surface area (Å²) in [6.07, 6.45) is 4.09. The van der Waals surface area contributed by atoms with Gasteiger partial charge < -0.3 is 10.6 Å². The number of hydrogen-bond acceptors (Lipinski definition) is 3. The number of nitrogens with zero attached hydrogens (tertiary/aromatic N) is 1. The SMILES string of the molecule is O=C(N[C@H](Cc1ccccc1)C(=O)NC1CC1)c1cccc2[nH]ncc12. The van der Waals surface area contributed by atoms with E-state index in [-0.39, 0.29) is 17.9 Å². The van der Waals surface area contributed by atoms with Crippen molar-refractivity contribution in [1.82, 2.24) is 20.8 Å². The van der Waals surface area contributed by atoms with Gasteiger partial charge in [-0.15, -0.1) is 0 Å². The Morgan fingerprint density at radius 1 is 1.12 bits per heavy atom. The van der Waals surface area contributed by atoms with Crippen LogP contribution in [-0.4, -0.2) is 34.1 Å². The number of hydrogen-bond donors (Lipinski definition) is 3. The molecule has 1 heterocycles. The summed E-state index contributed by atoms with van der Waals surface area (Å²) in [7, 11) is 0. The molecule has 6 heteroatoms. The van der Waals surface area contributed by atoms with Crippen molar-refractivity contribution in [2.75, 3.05) is 0 Å². The molecule has 4 rings (SSSR count). The average molecular weight is 348 g/mol. The van der Waals surface area contributed by atoms with Crippen LogP contribution in [0.25, 0.3) is 10.9 Å².